The zero-order chi connectivity index (χ0) is 14.8. The molecule has 3 atom stereocenters. The van der Waals surface area contributed by atoms with Crippen molar-refractivity contribution in [3.05, 3.63) is 29.8 Å². The lowest BCUT2D eigenvalue weighted by Crippen LogP contribution is -2.43. The van der Waals surface area contributed by atoms with Crippen LogP contribution in [0.4, 0.5) is 5.69 Å². The van der Waals surface area contributed by atoms with Crippen LogP contribution in [-0.2, 0) is 9.59 Å². The molecule has 1 aromatic carbocycles. The maximum absolute atomic E-state index is 12.6. The molecule has 1 aliphatic heterocycles. The lowest BCUT2D eigenvalue weighted by Gasteiger charge is -2.27. The fourth-order valence-electron chi connectivity index (χ4n) is 3.44. The number of nitrogens with one attached hydrogen (secondary N) is 2. The first-order valence-corrected chi connectivity index (χ1v) is 7.58. The summed E-state index contributed by atoms with van der Waals surface area (Å²) < 4.78 is 0. The zero-order valence-corrected chi connectivity index (χ0v) is 12.0. The van der Waals surface area contributed by atoms with Gasteiger partial charge in [0.05, 0.1) is 5.92 Å². The van der Waals surface area contributed by atoms with Crippen LogP contribution in [0.3, 0.4) is 0 Å². The smallest absolute Gasteiger partial charge is 0.228 e. The first kappa shape index (κ1) is 14.1. The molecular weight excluding hydrogens is 266 g/mol. The number of para-hydroxylation sites is 1. The summed E-state index contributed by atoms with van der Waals surface area (Å²) in [7, 11) is 0. The van der Waals surface area contributed by atoms with Gasteiger partial charge >= 0.3 is 0 Å². The van der Waals surface area contributed by atoms with Crippen molar-refractivity contribution in [1.82, 2.24) is 5.32 Å². The number of nitrogens with two attached hydrogens (primary N) is 1. The lowest BCUT2D eigenvalue weighted by atomic mass is 9.89. The Labute approximate surface area is 124 Å². The van der Waals surface area contributed by atoms with Gasteiger partial charge in [-0.1, -0.05) is 24.6 Å². The number of carbonyl (C=O) groups excluding carboxylic acids is 2. The fourth-order valence-corrected chi connectivity index (χ4v) is 3.44. The van der Waals surface area contributed by atoms with Gasteiger partial charge in [0.1, 0.15) is 0 Å². The summed E-state index contributed by atoms with van der Waals surface area (Å²) in [5.74, 6) is -0.186. The van der Waals surface area contributed by atoms with Crippen LogP contribution in [0.15, 0.2) is 24.3 Å². The van der Waals surface area contributed by atoms with Crippen molar-refractivity contribution in [3.63, 3.8) is 0 Å². The SMILES string of the molecule is NCC1CCCC1NC(=O)C1CC(=O)Nc2ccccc21. The van der Waals surface area contributed by atoms with E-state index >= 15 is 0 Å². The van der Waals surface area contributed by atoms with Gasteiger partial charge in [0, 0.05) is 18.2 Å². The van der Waals surface area contributed by atoms with Crippen LogP contribution in [0.5, 0.6) is 0 Å². The van der Waals surface area contributed by atoms with Crippen molar-refractivity contribution in [1.29, 1.82) is 0 Å². The molecule has 1 heterocycles. The first-order chi connectivity index (χ1) is 10.2. The average Bonchev–Trinajstić information content (AvgIpc) is 2.93. The lowest BCUT2D eigenvalue weighted by molar-refractivity contribution is -0.127. The second-order valence-corrected chi connectivity index (χ2v) is 5.93. The number of amides is 2. The summed E-state index contributed by atoms with van der Waals surface area (Å²) in [6.45, 7) is 0.604. The van der Waals surface area contributed by atoms with E-state index in [1.165, 1.54) is 0 Å². The second-order valence-electron chi connectivity index (χ2n) is 5.93. The van der Waals surface area contributed by atoms with Crippen molar-refractivity contribution in [2.75, 3.05) is 11.9 Å². The number of hydrogen-bond acceptors (Lipinski definition) is 3. The fraction of sp³-hybridized carbons (Fsp3) is 0.500. The van der Waals surface area contributed by atoms with Crippen molar-refractivity contribution in [3.8, 4) is 0 Å². The van der Waals surface area contributed by atoms with E-state index in [4.69, 9.17) is 5.73 Å². The molecule has 1 aliphatic carbocycles. The van der Waals surface area contributed by atoms with Crippen LogP contribution in [0.25, 0.3) is 0 Å². The van der Waals surface area contributed by atoms with Gasteiger partial charge in [-0.05, 0) is 36.9 Å². The van der Waals surface area contributed by atoms with E-state index in [1.54, 1.807) is 0 Å². The molecule has 0 spiro atoms. The van der Waals surface area contributed by atoms with Crippen molar-refractivity contribution in [2.24, 2.45) is 11.7 Å². The molecule has 1 aromatic rings. The first-order valence-electron chi connectivity index (χ1n) is 7.58. The number of fused-ring (bicyclic) bond motifs is 1. The third kappa shape index (κ3) is 2.78. The molecule has 2 amide bonds. The largest absolute Gasteiger partial charge is 0.353 e. The summed E-state index contributed by atoms with van der Waals surface area (Å²) >= 11 is 0. The molecule has 1 fully saturated rings. The second kappa shape index (κ2) is 5.85. The maximum atomic E-state index is 12.6. The van der Waals surface area contributed by atoms with E-state index in [0.29, 0.717) is 12.5 Å². The topological polar surface area (TPSA) is 84.2 Å². The van der Waals surface area contributed by atoms with Crippen LogP contribution in [0, 0.1) is 5.92 Å². The van der Waals surface area contributed by atoms with Gasteiger partial charge in [0.15, 0.2) is 0 Å². The number of carbonyl (C=O) groups is 2. The molecule has 112 valence electrons. The number of benzene rings is 1. The molecule has 0 radical (unpaired) electrons. The van der Waals surface area contributed by atoms with Crippen LogP contribution in [0.2, 0.25) is 0 Å². The van der Waals surface area contributed by atoms with Crippen LogP contribution in [0.1, 0.15) is 37.2 Å². The Morgan fingerprint density at radius 2 is 2.14 bits per heavy atom. The monoisotopic (exact) mass is 287 g/mol. The Hall–Kier alpha value is -1.88. The minimum Gasteiger partial charge on any atom is -0.353 e. The van der Waals surface area contributed by atoms with Gasteiger partial charge in [-0.25, -0.2) is 0 Å². The molecule has 3 rings (SSSR count). The minimum absolute atomic E-state index is 0.0531. The Morgan fingerprint density at radius 3 is 2.95 bits per heavy atom. The van der Waals surface area contributed by atoms with Crippen LogP contribution >= 0.6 is 0 Å². The molecule has 5 nitrogen and oxygen atoms in total. The highest BCUT2D eigenvalue weighted by atomic mass is 16.2. The summed E-state index contributed by atoms with van der Waals surface area (Å²) in [6, 6.07) is 7.66. The third-order valence-corrected chi connectivity index (χ3v) is 4.61. The van der Waals surface area contributed by atoms with Crippen molar-refractivity contribution >= 4 is 17.5 Å². The van der Waals surface area contributed by atoms with E-state index in [0.717, 1.165) is 30.5 Å². The highest BCUT2D eigenvalue weighted by Crippen LogP contribution is 2.33. The molecule has 5 heteroatoms. The third-order valence-electron chi connectivity index (χ3n) is 4.61. The van der Waals surface area contributed by atoms with E-state index in [1.807, 2.05) is 24.3 Å². The van der Waals surface area contributed by atoms with E-state index in [-0.39, 0.29) is 24.3 Å². The van der Waals surface area contributed by atoms with Crippen LogP contribution in [-0.4, -0.2) is 24.4 Å². The molecule has 21 heavy (non-hydrogen) atoms. The standard InChI is InChI=1S/C16H21N3O2/c17-9-10-4-3-7-13(10)19-16(21)12-8-15(20)18-14-6-2-1-5-11(12)14/h1-2,5-6,10,12-13H,3-4,7-9,17H2,(H,18,20)(H,19,21). The zero-order valence-electron chi connectivity index (χ0n) is 12.0. The van der Waals surface area contributed by atoms with Crippen LogP contribution < -0.4 is 16.4 Å². The highest BCUT2D eigenvalue weighted by Gasteiger charge is 2.34. The molecule has 0 aromatic heterocycles. The van der Waals surface area contributed by atoms with E-state index in [2.05, 4.69) is 10.6 Å². The van der Waals surface area contributed by atoms with E-state index < -0.39 is 5.92 Å². The minimum atomic E-state index is -0.394. The van der Waals surface area contributed by atoms with Gasteiger partial charge in [-0.3, -0.25) is 9.59 Å². The molecule has 4 N–H and O–H groups in total. The molecule has 2 aliphatic rings. The molecule has 3 unspecified atom stereocenters. The van der Waals surface area contributed by atoms with Crippen molar-refractivity contribution in [2.45, 2.75) is 37.6 Å². The Kier molecular flexibility index (Phi) is 3.92. The van der Waals surface area contributed by atoms with Gasteiger partial charge in [-0.15, -0.1) is 0 Å². The molecule has 0 bridgehead atoms. The van der Waals surface area contributed by atoms with Gasteiger partial charge < -0.3 is 16.4 Å². The van der Waals surface area contributed by atoms with Gasteiger partial charge in [0.25, 0.3) is 0 Å². The summed E-state index contributed by atoms with van der Waals surface area (Å²) in [6.07, 6.45) is 3.37. The Bertz CT molecular complexity index is 558. The predicted octanol–water partition coefficient (Wildman–Crippen LogP) is 1.36. The maximum Gasteiger partial charge on any atom is 0.228 e. The van der Waals surface area contributed by atoms with Gasteiger partial charge in [-0.2, -0.15) is 0 Å². The number of anilines is 1. The summed E-state index contributed by atoms with van der Waals surface area (Å²) in [4.78, 5) is 24.4. The van der Waals surface area contributed by atoms with Crippen molar-refractivity contribution < 1.29 is 9.59 Å². The number of hydrogen-bond donors (Lipinski definition) is 3. The molecule has 0 saturated heterocycles. The normalized spacial score (nSPS) is 27.9. The highest BCUT2D eigenvalue weighted by molar-refractivity contribution is 6.01. The number of rotatable bonds is 3. The average molecular weight is 287 g/mol. The summed E-state index contributed by atoms with van der Waals surface area (Å²) in [5, 5.41) is 5.93. The molecule has 1 saturated carbocycles. The van der Waals surface area contributed by atoms with E-state index in [9.17, 15) is 9.59 Å². The predicted molar refractivity (Wildman–Crippen MR) is 80.8 cm³/mol. The Morgan fingerprint density at radius 1 is 1.33 bits per heavy atom. The quantitative estimate of drug-likeness (QED) is 0.784. The Balaban J connectivity index is 1.77. The summed E-state index contributed by atoms with van der Waals surface area (Å²) in [5.41, 5.74) is 7.41. The van der Waals surface area contributed by atoms with Gasteiger partial charge in [0.2, 0.25) is 11.8 Å². The molecular formula is C16H21N3O2.